The molecule has 8 nitrogen and oxygen atoms in total. The number of amides is 4. The predicted molar refractivity (Wildman–Crippen MR) is 98.7 cm³/mol. The van der Waals surface area contributed by atoms with Crippen LogP contribution in [0.25, 0.3) is 0 Å². The maximum Gasteiger partial charge on any atom is 0.314 e. The molecule has 0 aliphatic carbocycles. The van der Waals surface area contributed by atoms with Crippen molar-refractivity contribution in [3.05, 3.63) is 42.0 Å². The van der Waals surface area contributed by atoms with Gasteiger partial charge in [0, 0.05) is 38.3 Å². The molecule has 26 heavy (non-hydrogen) atoms. The van der Waals surface area contributed by atoms with Crippen molar-refractivity contribution in [3.8, 4) is 5.75 Å². The number of carbonyl (C=O) groups excluding carboxylic acids is 3. The summed E-state index contributed by atoms with van der Waals surface area (Å²) < 4.78 is 0. The third kappa shape index (κ3) is 7.80. The molecule has 8 heteroatoms. The van der Waals surface area contributed by atoms with Crippen LogP contribution in [0.4, 0.5) is 4.79 Å². The van der Waals surface area contributed by atoms with E-state index in [0.29, 0.717) is 18.8 Å². The summed E-state index contributed by atoms with van der Waals surface area (Å²) in [6.07, 6.45) is 3.46. The molecule has 142 valence electrons. The average molecular weight is 362 g/mol. The number of nitrogens with zero attached hydrogens (tertiary/aromatic N) is 1. The first-order chi connectivity index (χ1) is 12.5. The standard InChI is InChI=1S/C10H16N4O3.C8H10O/c1-11-4-5-12-10(17)13-6-7-14-8(15)2-3-9(14)16;1-2-7-3-5-8(9)6-4-7/h2-3,11H,4-7H2,1H3,(H2,12,13,17);3-6,9H,2H2,1H3. The van der Waals surface area contributed by atoms with E-state index < -0.39 is 0 Å². The molecule has 0 unspecified atom stereocenters. The monoisotopic (exact) mass is 362 g/mol. The van der Waals surface area contributed by atoms with Gasteiger partial charge in [-0.25, -0.2) is 4.79 Å². The second-order valence-electron chi connectivity index (χ2n) is 5.47. The molecule has 1 heterocycles. The fourth-order valence-electron chi connectivity index (χ4n) is 2.03. The second kappa shape index (κ2) is 11.6. The number of phenols is 1. The van der Waals surface area contributed by atoms with E-state index in [9.17, 15) is 14.4 Å². The molecule has 0 saturated carbocycles. The van der Waals surface area contributed by atoms with Crippen LogP contribution >= 0.6 is 0 Å². The van der Waals surface area contributed by atoms with Crippen LogP contribution in [0.2, 0.25) is 0 Å². The third-order valence-electron chi connectivity index (χ3n) is 3.53. The molecule has 0 aromatic heterocycles. The van der Waals surface area contributed by atoms with E-state index in [-0.39, 0.29) is 30.9 Å². The number of urea groups is 1. The minimum Gasteiger partial charge on any atom is -0.508 e. The third-order valence-corrected chi connectivity index (χ3v) is 3.53. The number of aromatic hydroxyl groups is 1. The summed E-state index contributed by atoms with van der Waals surface area (Å²) in [6.45, 7) is 3.72. The Morgan fingerprint density at radius 3 is 2.12 bits per heavy atom. The number of likely N-dealkylation sites (N-methyl/N-ethyl adjacent to an activating group) is 1. The molecule has 4 amide bonds. The summed E-state index contributed by atoms with van der Waals surface area (Å²) in [4.78, 5) is 34.6. The molecule has 1 aliphatic rings. The highest BCUT2D eigenvalue weighted by Gasteiger charge is 2.22. The van der Waals surface area contributed by atoms with Gasteiger partial charge in [0.1, 0.15) is 5.75 Å². The summed E-state index contributed by atoms with van der Waals surface area (Å²) in [6, 6.07) is 6.95. The maximum atomic E-state index is 11.2. The van der Waals surface area contributed by atoms with Gasteiger partial charge in [0.05, 0.1) is 0 Å². The highest BCUT2D eigenvalue weighted by molar-refractivity contribution is 6.12. The Kier molecular flexibility index (Phi) is 9.48. The van der Waals surface area contributed by atoms with E-state index in [1.54, 1.807) is 19.2 Å². The number of aryl methyl sites for hydroxylation is 1. The molecule has 1 aliphatic heterocycles. The van der Waals surface area contributed by atoms with Crippen molar-refractivity contribution < 1.29 is 19.5 Å². The Morgan fingerprint density at radius 1 is 1.00 bits per heavy atom. The Bertz CT molecular complexity index is 611. The van der Waals surface area contributed by atoms with Crippen LogP contribution in [0.1, 0.15) is 12.5 Å². The zero-order valence-corrected chi connectivity index (χ0v) is 15.1. The Morgan fingerprint density at radius 2 is 1.58 bits per heavy atom. The van der Waals surface area contributed by atoms with Gasteiger partial charge < -0.3 is 21.1 Å². The van der Waals surface area contributed by atoms with Gasteiger partial charge >= 0.3 is 6.03 Å². The summed E-state index contributed by atoms with van der Waals surface area (Å²) in [5.41, 5.74) is 1.26. The largest absolute Gasteiger partial charge is 0.508 e. The second-order valence-corrected chi connectivity index (χ2v) is 5.47. The number of hydrogen-bond acceptors (Lipinski definition) is 5. The zero-order chi connectivity index (χ0) is 19.4. The van der Waals surface area contributed by atoms with Crippen LogP contribution < -0.4 is 16.0 Å². The smallest absolute Gasteiger partial charge is 0.314 e. The van der Waals surface area contributed by atoms with Crippen LogP contribution in [0.3, 0.4) is 0 Å². The van der Waals surface area contributed by atoms with Gasteiger partial charge in [0.25, 0.3) is 11.8 Å². The first-order valence-corrected chi connectivity index (χ1v) is 8.45. The van der Waals surface area contributed by atoms with Crippen LogP contribution in [0.5, 0.6) is 5.75 Å². The summed E-state index contributed by atoms with van der Waals surface area (Å²) >= 11 is 0. The molecular formula is C18H26N4O4. The van der Waals surface area contributed by atoms with Crippen molar-refractivity contribution in [3.63, 3.8) is 0 Å². The van der Waals surface area contributed by atoms with Crippen LogP contribution in [-0.2, 0) is 16.0 Å². The highest BCUT2D eigenvalue weighted by atomic mass is 16.3. The Labute approximate surface area is 153 Å². The van der Waals surface area contributed by atoms with Gasteiger partial charge in [-0.1, -0.05) is 19.1 Å². The number of imide groups is 1. The number of rotatable bonds is 7. The van der Waals surface area contributed by atoms with E-state index in [2.05, 4.69) is 22.9 Å². The van der Waals surface area contributed by atoms with Gasteiger partial charge in [-0.2, -0.15) is 0 Å². The van der Waals surface area contributed by atoms with E-state index in [4.69, 9.17) is 5.11 Å². The predicted octanol–water partition coefficient (Wildman–Crippen LogP) is 0.385. The van der Waals surface area contributed by atoms with Crippen molar-refractivity contribution >= 4 is 17.8 Å². The summed E-state index contributed by atoms with van der Waals surface area (Å²) in [7, 11) is 1.79. The summed E-state index contributed by atoms with van der Waals surface area (Å²) in [5.74, 6) is -0.341. The molecule has 0 fully saturated rings. The first-order valence-electron chi connectivity index (χ1n) is 8.45. The lowest BCUT2D eigenvalue weighted by Gasteiger charge is -2.14. The number of nitrogens with one attached hydrogen (secondary N) is 3. The minimum atomic E-state index is -0.340. The van der Waals surface area contributed by atoms with E-state index in [1.807, 2.05) is 12.1 Å². The first kappa shape index (κ1) is 21.2. The molecular weight excluding hydrogens is 336 g/mol. The number of hydrogen-bond donors (Lipinski definition) is 4. The molecule has 0 saturated heterocycles. The van der Waals surface area contributed by atoms with Gasteiger partial charge in [0.15, 0.2) is 0 Å². The van der Waals surface area contributed by atoms with E-state index in [1.165, 1.54) is 17.7 Å². The molecule has 0 bridgehead atoms. The zero-order valence-electron chi connectivity index (χ0n) is 15.1. The molecule has 0 radical (unpaired) electrons. The topological polar surface area (TPSA) is 111 Å². The van der Waals surface area contributed by atoms with Crippen LogP contribution in [0, 0.1) is 0 Å². The van der Waals surface area contributed by atoms with Crippen molar-refractivity contribution in [2.24, 2.45) is 0 Å². The Hall–Kier alpha value is -2.87. The fourth-order valence-corrected chi connectivity index (χ4v) is 2.03. The SMILES string of the molecule is CCc1ccc(O)cc1.CNCCNC(=O)NCCN1C(=O)C=CC1=O. The van der Waals surface area contributed by atoms with E-state index in [0.717, 1.165) is 11.3 Å². The molecule has 2 rings (SSSR count). The fraction of sp³-hybridized carbons (Fsp3) is 0.389. The lowest BCUT2D eigenvalue weighted by Crippen LogP contribution is -2.43. The van der Waals surface area contributed by atoms with Gasteiger partial charge in [-0.05, 0) is 31.2 Å². The normalized spacial score (nSPS) is 12.6. The van der Waals surface area contributed by atoms with E-state index >= 15 is 0 Å². The molecule has 0 spiro atoms. The quantitative estimate of drug-likeness (QED) is 0.414. The van der Waals surface area contributed by atoms with Crippen molar-refractivity contribution in [2.75, 3.05) is 33.2 Å². The molecule has 1 aromatic rings. The Balaban J connectivity index is 0.000000314. The lowest BCUT2D eigenvalue weighted by atomic mass is 10.2. The average Bonchev–Trinajstić information content (AvgIpc) is 2.95. The lowest BCUT2D eigenvalue weighted by molar-refractivity contribution is -0.136. The number of phenolic OH excluding ortho intramolecular Hbond substituents is 1. The van der Waals surface area contributed by atoms with Crippen molar-refractivity contribution in [2.45, 2.75) is 13.3 Å². The van der Waals surface area contributed by atoms with Crippen LogP contribution in [0.15, 0.2) is 36.4 Å². The van der Waals surface area contributed by atoms with Crippen molar-refractivity contribution in [1.29, 1.82) is 0 Å². The van der Waals surface area contributed by atoms with Gasteiger partial charge in [0.2, 0.25) is 0 Å². The van der Waals surface area contributed by atoms with Gasteiger partial charge in [-0.15, -0.1) is 0 Å². The molecule has 0 atom stereocenters. The van der Waals surface area contributed by atoms with Gasteiger partial charge in [-0.3, -0.25) is 14.5 Å². The van der Waals surface area contributed by atoms with Crippen LogP contribution in [-0.4, -0.2) is 61.1 Å². The minimum absolute atomic E-state index is 0.185. The maximum absolute atomic E-state index is 11.2. The summed E-state index contributed by atoms with van der Waals surface area (Å²) in [5, 5.41) is 16.9. The number of carbonyl (C=O) groups is 3. The van der Waals surface area contributed by atoms with Crippen molar-refractivity contribution in [1.82, 2.24) is 20.9 Å². The highest BCUT2D eigenvalue weighted by Crippen LogP contribution is 2.09. The number of benzene rings is 1. The molecule has 1 aromatic carbocycles. The molecule has 4 N–H and O–H groups in total.